The molecule has 8 rings (SSSR count). The monoisotopic (exact) mass is 525 g/mol. The van der Waals surface area contributed by atoms with Crippen molar-refractivity contribution in [2.75, 3.05) is 0 Å². The van der Waals surface area contributed by atoms with Crippen molar-refractivity contribution in [1.82, 2.24) is 15.0 Å². The van der Waals surface area contributed by atoms with E-state index in [0.29, 0.717) is 5.71 Å². The molecule has 4 heteroatoms. The number of para-hydroxylation sites is 2. The van der Waals surface area contributed by atoms with E-state index in [0.717, 1.165) is 72.3 Å². The lowest BCUT2D eigenvalue weighted by atomic mass is 10.0. The van der Waals surface area contributed by atoms with Crippen molar-refractivity contribution in [2.45, 2.75) is 0 Å². The Kier molecular flexibility index (Phi) is 5.42. The molecule has 192 valence electrons. The molecular weight excluding hydrogens is 502 g/mol. The molecule has 0 aliphatic heterocycles. The first-order chi connectivity index (χ1) is 20.3. The molecule has 0 atom stereocenters. The zero-order valence-corrected chi connectivity index (χ0v) is 22.0. The standard InChI is InChI=1S/C37H23N3O/c1-3-10-24(11-4-1)27-22-34(25-12-5-2-6-13-25)39-35(23-27)33-21-19-29-28-15-9-16-30(36(28)41-37(29)40-33)32-20-18-26-14-7-8-17-31(26)38-32/h1-23H. The molecule has 4 nitrogen and oxygen atoms in total. The van der Waals surface area contributed by atoms with Gasteiger partial charge >= 0.3 is 0 Å². The van der Waals surface area contributed by atoms with E-state index in [4.69, 9.17) is 19.4 Å². The van der Waals surface area contributed by atoms with Gasteiger partial charge in [0, 0.05) is 27.3 Å². The summed E-state index contributed by atoms with van der Waals surface area (Å²) in [5.41, 5.74) is 9.88. The van der Waals surface area contributed by atoms with Gasteiger partial charge in [0.1, 0.15) is 5.58 Å². The number of benzene rings is 4. The summed E-state index contributed by atoms with van der Waals surface area (Å²) in [6, 6.07) is 47.5. The summed E-state index contributed by atoms with van der Waals surface area (Å²) in [7, 11) is 0. The van der Waals surface area contributed by atoms with Crippen LogP contribution >= 0.6 is 0 Å². The highest BCUT2D eigenvalue weighted by Gasteiger charge is 2.16. The molecule has 0 amide bonds. The minimum Gasteiger partial charge on any atom is -0.437 e. The van der Waals surface area contributed by atoms with E-state index in [-0.39, 0.29) is 0 Å². The van der Waals surface area contributed by atoms with Gasteiger partial charge in [0.2, 0.25) is 5.71 Å². The van der Waals surface area contributed by atoms with Crippen LogP contribution < -0.4 is 0 Å². The number of furan rings is 1. The number of fused-ring (bicyclic) bond motifs is 4. The second kappa shape index (κ2) is 9.54. The van der Waals surface area contributed by atoms with Crippen molar-refractivity contribution in [1.29, 1.82) is 0 Å². The van der Waals surface area contributed by atoms with Gasteiger partial charge in [0.15, 0.2) is 0 Å². The number of hydrogen-bond donors (Lipinski definition) is 0. The van der Waals surface area contributed by atoms with Gasteiger partial charge in [-0.25, -0.2) is 15.0 Å². The van der Waals surface area contributed by atoms with E-state index in [1.807, 2.05) is 54.6 Å². The van der Waals surface area contributed by atoms with E-state index < -0.39 is 0 Å². The van der Waals surface area contributed by atoms with E-state index in [2.05, 4.69) is 84.9 Å². The molecule has 4 heterocycles. The Morgan fingerprint density at radius 1 is 0.415 bits per heavy atom. The number of rotatable bonds is 4. The predicted molar refractivity (Wildman–Crippen MR) is 166 cm³/mol. The lowest BCUT2D eigenvalue weighted by Crippen LogP contribution is -1.93. The van der Waals surface area contributed by atoms with Crippen LogP contribution in [0.4, 0.5) is 0 Å². The van der Waals surface area contributed by atoms with Crippen LogP contribution in [-0.4, -0.2) is 15.0 Å². The van der Waals surface area contributed by atoms with E-state index >= 15 is 0 Å². The number of nitrogens with zero attached hydrogens (tertiary/aromatic N) is 3. The van der Waals surface area contributed by atoms with Crippen molar-refractivity contribution in [3.8, 4) is 45.0 Å². The molecule has 0 unspecified atom stereocenters. The predicted octanol–water partition coefficient (Wildman–Crippen LogP) is 9.59. The topological polar surface area (TPSA) is 51.8 Å². The summed E-state index contributed by atoms with van der Waals surface area (Å²) >= 11 is 0. The molecule has 0 fully saturated rings. The molecule has 0 saturated carbocycles. The summed E-state index contributed by atoms with van der Waals surface area (Å²) in [4.78, 5) is 14.9. The largest absolute Gasteiger partial charge is 0.437 e. The summed E-state index contributed by atoms with van der Waals surface area (Å²) in [5, 5.41) is 3.09. The van der Waals surface area contributed by atoms with Gasteiger partial charge in [-0.05, 0) is 53.6 Å². The maximum absolute atomic E-state index is 6.46. The maximum Gasteiger partial charge on any atom is 0.227 e. The Bertz CT molecular complexity index is 2140. The minimum absolute atomic E-state index is 0.582. The van der Waals surface area contributed by atoms with Gasteiger partial charge in [-0.15, -0.1) is 0 Å². The average molecular weight is 526 g/mol. The number of pyridine rings is 3. The summed E-state index contributed by atoms with van der Waals surface area (Å²) < 4.78 is 6.46. The van der Waals surface area contributed by atoms with Gasteiger partial charge in [-0.1, -0.05) is 97.1 Å². The highest BCUT2D eigenvalue weighted by molar-refractivity contribution is 6.08. The third-order valence-corrected chi connectivity index (χ3v) is 7.50. The van der Waals surface area contributed by atoms with Crippen molar-refractivity contribution in [2.24, 2.45) is 0 Å². The summed E-state index contributed by atoms with van der Waals surface area (Å²) in [6.07, 6.45) is 0. The highest BCUT2D eigenvalue weighted by Crippen LogP contribution is 2.36. The molecule has 4 aromatic heterocycles. The fraction of sp³-hybridized carbons (Fsp3) is 0. The Hall–Kier alpha value is -5.61. The van der Waals surface area contributed by atoms with Crippen molar-refractivity contribution in [3.05, 3.63) is 140 Å². The normalized spacial score (nSPS) is 11.4. The zero-order chi connectivity index (χ0) is 27.2. The lowest BCUT2D eigenvalue weighted by Gasteiger charge is -2.10. The van der Waals surface area contributed by atoms with E-state index in [9.17, 15) is 0 Å². The molecule has 0 N–H and O–H groups in total. The van der Waals surface area contributed by atoms with Crippen molar-refractivity contribution < 1.29 is 4.42 Å². The highest BCUT2D eigenvalue weighted by atomic mass is 16.3. The lowest BCUT2D eigenvalue weighted by molar-refractivity contribution is 0.655. The smallest absolute Gasteiger partial charge is 0.227 e. The third kappa shape index (κ3) is 4.14. The van der Waals surface area contributed by atoms with Crippen LogP contribution in [-0.2, 0) is 0 Å². The molecule has 0 radical (unpaired) electrons. The maximum atomic E-state index is 6.46. The van der Waals surface area contributed by atoms with Gasteiger partial charge in [-0.3, -0.25) is 0 Å². The molecule has 0 aliphatic carbocycles. The molecule has 0 spiro atoms. The Balaban J connectivity index is 1.29. The first-order valence-corrected chi connectivity index (χ1v) is 13.6. The molecule has 41 heavy (non-hydrogen) atoms. The van der Waals surface area contributed by atoms with Crippen LogP contribution in [0.5, 0.6) is 0 Å². The van der Waals surface area contributed by atoms with Gasteiger partial charge in [0.25, 0.3) is 0 Å². The van der Waals surface area contributed by atoms with Crippen LogP contribution in [0.2, 0.25) is 0 Å². The molecule has 0 aliphatic rings. The third-order valence-electron chi connectivity index (χ3n) is 7.50. The van der Waals surface area contributed by atoms with Gasteiger partial charge < -0.3 is 4.42 Å². The molecule has 0 bridgehead atoms. The second-order valence-corrected chi connectivity index (χ2v) is 10.1. The van der Waals surface area contributed by atoms with Crippen molar-refractivity contribution in [3.63, 3.8) is 0 Å². The molecular formula is C37H23N3O. The van der Waals surface area contributed by atoms with Gasteiger partial charge in [-0.2, -0.15) is 0 Å². The first kappa shape index (κ1) is 23.3. The Labute approximate surface area is 236 Å². The fourth-order valence-electron chi connectivity index (χ4n) is 5.46. The van der Waals surface area contributed by atoms with Crippen LogP contribution in [0.25, 0.3) is 78.0 Å². The van der Waals surface area contributed by atoms with Gasteiger partial charge in [0.05, 0.1) is 28.3 Å². The summed E-state index contributed by atoms with van der Waals surface area (Å²) in [6.45, 7) is 0. The zero-order valence-electron chi connectivity index (χ0n) is 22.0. The quantitative estimate of drug-likeness (QED) is 0.230. The van der Waals surface area contributed by atoms with Crippen LogP contribution in [0.15, 0.2) is 144 Å². The van der Waals surface area contributed by atoms with Crippen LogP contribution in [0.1, 0.15) is 0 Å². The summed E-state index contributed by atoms with van der Waals surface area (Å²) in [5.74, 6) is 0. The first-order valence-electron chi connectivity index (χ1n) is 13.6. The fourth-order valence-corrected chi connectivity index (χ4v) is 5.46. The second-order valence-electron chi connectivity index (χ2n) is 10.1. The molecule has 0 saturated heterocycles. The Morgan fingerprint density at radius 3 is 2.00 bits per heavy atom. The number of hydrogen-bond acceptors (Lipinski definition) is 4. The molecule has 8 aromatic rings. The average Bonchev–Trinajstić information content (AvgIpc) is 3.43. The SMILES string of the molecule is c1ccc(-c2cc(-c3ccccc3)nc(-c3ccc4c(n3)oc3c(-c5ccc6ccccc6n5)cccc34)c2)cc1. The van der Waals surface area contributed by atoms with Crippen molar-refractivity contribution >= 4 is 33.0 Å². The minimum atomic E-state index is 0.582. The Morgan fingerprint density at radius 2 is 1.15 bits per heavy atom. The van der Waals surface area contributed by atoms with E-state index in [1.54, 1.807) is 0 Å². The molecule has 4 aromatic carbocycles. The van der Waals surface area contributed by atoms with E-state index in [1.165, 1.54) is 0 Å². The van der Waals surface area contributed by atoms with Crippen LogP contribution in [0.3, 0.4) is 0 Å². The number of aromatic nitrogens is 3. The van der Waals surface area contributed by atoms with Crippen LogP contribution in [0, 0.1) is 0 Å².